The van der Waals surface area contributed by atoms with Crippen molar-refractivity contribution in [1.82, 2.24) is 0 Å². The van der Waals surface area contributed by atoms with E-state index in [-0.39, 0.29) is 18.7 Å². The summed E-state index contributed by atoms with van der Waals surface area (Å²) < 4.78 is 10.5. The van der Waals surface area contributed by atoms with Crippen molar-refractivity contribution in [3.63, 3.8) is 0 Å². The summed E-state index contributed by atoms with van der Waals surface area (Å²) in [5, 5.41) is 6.00. The van der Waals surface area contributed by atoms with Gasteiger partial charge in [-0.05, 0) is 31.2 Å². The Morgan fingerprint density at radius 2 is 1.81 bits per heavy atom. The molecule has 5 nitrogen and oxygen atoms in total. The number of hydrogen-bond donors (Lipinski definition) is 2. The third kappa shape index (κ3) is 3.08. The maximum absolute atomic E-state index is 12.2. The highest BCUT2D eigenvalue weighted by molar-refractivity contribution is 5.96. The highest BCUT2D eigenvalue weighted by Crippen LogP contribution is 2.34. The van der Waals surface area contributed by atoms with E-state index in [1.807, 2.05) is 37.3 Å². The first-order chi connectivity index (χ1) is 10.2. The molecule has 21 heavy (non-hydrogen) atoms. The molecule has 0 bridgehead atoms. The van der Waals surface area contributed by atoms with E-state index in [0.29, 0.717) is 17.2 Å². The van der Waals surface area contributed by atoms with Crippen molar-refractivity contribution >= 4 is 17.3 Å². The number of carbonyl (C=O) groups excluding carboxylic acids is 1. The molecule has 1 amide bonds. The van der Waals surface area contributed by atoms with Gasteiger partial charge in [-0.25, -0.2) is 0 Å². The minimum absolute atomic E-state index is 0.113. The fraction of sp³-hybridized carbons (Fsp3) is 0.188. The van der Waals surface area contributed by atoms with Gasteiger partial charge in [-0.1, -0.05) is 18.2 Å². The molecule has 1 aliphatic rings. The van der Waals surface area contributed by atoms with Crippen molar-refractivity contribution in [3.05, 3.63) is 48.5 Å². The van der Waals surface area contributed by atoms with Crippen molar-refractivity contribution in [1.29, 1.82) is 0 Å². The van der Waals surface area contributed by atoms with Gasteiger partial charge in [0.15, 0.2) is 11.5 Å². The van der Waals surface area contributed by atoms with Crippen molar-refractivity contribution in [2.45, 2.75) is 13.0 Å². The monoisotopic (exact) mass is 284 g/mol. The predicted molar refractivity (Wildman–Crippen MR) is 80.7 cm³/mol. The van der Waals surface area contributed by atoms with Gasteiger partial charge in [-0.3, -0.25) is 4.79 Å². The van der Waals surface area contributed by atoms with Crippen molar-refractivity contribution in [3.8, 4) is 11.5 Å². The number of hydrogen-bond acceptors (Lipinski definition) is 4. The first-order valence-corrected chi connectivity index (χ1v) is 6.74. The zero-order valence-corrected chi connectivity index (χ0v) is 11.6. The van der Waals surface area contributed by atoms with Gasteiger partial charge in [0.05, 0.1) is 0 Å². The molecule has 0 radical (unpaired) electrons. The quantitative estimate of drug-likeness (QED) is 0.906. The Kier molecular flexibility index (Phi) is 3.64. The predicted octanol–water partition coefficient (Wildman–Crippen LogP) is 2.85. The first-order valence-electron chi connectivity index (χ1n) is 6.74. The van der Waals surface area contributed by atoms with Crippen LogP contribution >= 0.6 is 0 Å². The van der Waals surface area contributed by atoms with Crippen LogP contribution in [0.15, 0.2) is 48.5 Å². The van der Waals surface area contributed by atoms with Crippen molar-refractivity contribution in [2.24, 2.45) is 0 Å². The van der Waals surface area contributed by atoms with E-state index in [1.54, 1.807) is 18.2 Å². The van der Waals surface area contributed by atoms with Crippen LogP contribution in [0.25, 0.3) is 0 Å². The molecule has 0 fully saturated rings. The largest absolute Gasteiger partial charge is 0.454 e. The molecular formula is C16H16N2O3. The minimum atomic E-state index is -0.349. The third-order valence-electron chi connectivity index (χ3n) is 3.19. The summed E-state index contributed by atoms with van der Waals surface area (Å²) in [6.45, 7) is 2.04. The third-order valence-corrected chi connectivity index (χ3v) is 3.19. The number of nitrogens with one attached hydrogen (secondary N) is 2. The average Bonchev–Trinajstić information content (AvgIpc) is 2.95. The lowest BCUT2D eigenvalue weighted by molar-refractivity contribution is -0.116. The molecule has 0 saturated heterocycles. The topological polar surface area (TPSA) is 59.6 Å². The Morgan fingerprint density at radius 1 is 1.05 bits per heavy atom. The fourth-order valence-corrected chi connectivity index (χ4v) is 2.07. The summed E-state index contributed by atoms with van der Waals surface area (Å²) >= 11 is 0. The lowest BCUT2D eigenvalue weighted by Gasteiger charge is -2.15. The van der Waals surface area contributed by atoms with Crippen LogP contribution in [0, 0.1) is 0 Å². The van der Waals surface area contributed by atoms with E-state index >= 15 is 0 Å². The van der Waals surface area contributed by atoms with Gasteiger partial charge in [0.2, 0.25) is 12.7 Å². The molecule has 2 aromatic rings. The maximum Gasteiger partial charge on any atom is 0.246 e. The van der Waals surface area contributed by atoms with Crippen LogP contribution in [-0.4, -0.2) is 18.7 Å². The lowest BCUT2D eigenvalue weighted by atomic mass is 10.2. The Bertz CT molecular complexity index is 643. The van der Waals surface area contributed by atoms with Crippen LogP contribution in [0.1, 0.15) is 6.92 Å². The summed E-state index contributed by atoms with van der Waals surface area (Å²) in [6, 6.07) is 14.6. The summed E-state index contributed by atoms with van der Waals surface area (Å²) in [5.41, 5.74) is 1.59. The van der Waals surface area contributed by atoms with Crippen LogP contribution in [-0.2, 0) is 4.79 Å². The molecule has 1 heterocycles. The second kappa shape index (κ2) is 5.75. The van der Waals surface area contributed by atoms with Crippen LogP contribution in [0.3, 0.4) is 0 Å². The summed E-state index contributed by atoms with van der Waals surface area (Å²) in [4.78, 5) is 12.2. The Labute approximate surface area is 122 Å². The number of benzene rings is 2. The van der Waals surface area contributed by atoms with Gasteiger partial charge in [-0.15, -0.1) is 0 Å². The molecule has 2 aromatic carbocycles. The highest BCUT2D eigenvalue weighted by atomic mass is 16.7. The molecular weight excluding hydrogens is 268 g/mol. The zero-order chi connectivity index (χ0) is 14.7. The lowest BCUT2D eigenvalue weighted by Crippen LogP contribution is -2.31. The first kappa shape index (κ1) is 13.3. The number of carbonyl (C=O) groups is 1. The minimum Gasteiger partial charge on any atom is -0.454 e. The number of fused-ring (bicyclic) bond motifs is 1. The van der Waals surface area contributed by atoms with E-state index in [0.717, 1.165) is 5.69 Å². The SMILES string of the molecule is C[C@H](Nc1ccccc1)C(=O)Nc1ccc2c(c1)OCO2. The van der Waals surface area contributed by atoms with Gasteiger partial charge < -0.3 is 20.1 Å². The van der Waals surface area contributed by atoms with E-state index in [1.165, 1.54) is 0 Å². The number of ether oxygens (including phenoxy) is 2. The number of anilines is 2. The molecule has 0 aliphatic carbocycles. The van der Waals surface area contributed by atoms with Crippen molar-refractivity contribution in [2.75, 3.05) is 17.4 Å². The smallest absolute Gasteiger partial charge is 0.246 e. The molecule has 0 spiro atoms. The van der Waals surface area contributed by atoms with Gasteiger partial charge in [0.25, 0.3) is 0 Å². The molecule has 0 aromatic heterocycles. The van der Waals surface area contributed by atoms with E-state index in [4.69, 9.17) is 9.47 Å². The molecule has 3 rings (SSSR count). The van der Waals surface area contributed by atoms with Crippen molar-refractivity contribution < 1.29 is 14.3 Å². The summed E-state index contributed by atoms with van der Waals surface area (Å²) in [7, 11) is 0. The molecule has 108 valence electrons. The van der Waals surface area contributed by atoms with Gasteiger partial charge >= 0.3 is 0 Å². The zero-order valence-electron chi connectivity index (χ0n) is 11.6. The molecule has 0 unspecified atom stereocenters. The van der Waals surface area contributed by atoms with Gasteiger partial charge in [0.1, 0.15) is 6.04 Å². The molecule has 1 atom stereocenters. The van der Waals surface area contributed by atoms with E-state index in [9.17, 15) is 4.79 Å². The Hall–Kier alpha value is -2.69. The molecule has 1 aliphatic heterocycles. The van der Waals surface area contributed by atoms with Crippen LogP contribution in [0.4, 0.5) is 11.4 Å². The van der Waals surface area contributed by atoms with Crippen LogP contribution in [0.5, 0.6) is 11.5 Å². The molecule has 0 saturated carbocycles. The van der Waals surface area contributed by atoms with Crippen LogP contribution < -0.4 is 20.1 Å². The summed E-state index contributed by atoms with van der Waals surface area (Å²) in [6.07, 6.45) is 0. The standard InChI is InChI=1S/C16H16N2O3/c1-11(17-12-5-3-2-4-6-12)16(19)18-13-7-8-14-15(9-13)21-10-20-14/h2-9,11,17H,10H2,1H3,(H,18,19)/t11-/m0/s1. The number of amides is 1. The summed E-state index contributed by atoms with van der Waals surface area (Å²) in [5.74, 6) is 1.23. The second-order valence-electron chi connectivity index (χ2n) is 4.79. The fourth-order valence-electron chi connectivity index (χ4n) is 2.07. The maximum atomic E-state index is 12.2. The Balaban J connectivity index is 1.63. The molecule has 2 N–H and O–H groups in total. The van der Waals surface area contributed by atoms with Crippen LogP contribution in [0.2, 0.25) is 0 Å². The second-order valence-corrected chi connectivity index (χ2v) is 4.79. The normalized spacial score (nSPS) is 13.6. The number of para-hydroxylation sites is 1. The van der Waals surface area contributed by atoms with E-state index in [2.05, 4.69) is 10.6 Å². The Morgan fingerprint density at radius 3 is 2.62 bits per heavy atom. The number of rotatable bonds is 4. The van der Waals surface area contributed by atoms with E-state index < -0.39 is 0 Å². The molecule has 5 heteroatoms. The highest BCUT2D eigenvalue weighted by Gasteiger charge is 2.16. The average molecular weight is 284 g/mol. The van der Waals surface area contributed by atoms with Gasteiger partial charge in [0, 0.05) is 17.4 Å². The van der Waals surface area contributed by atoms with Gasteiger partial charge in [-0.2, -0.15) is 0 Å².